The van der Waals surface area contributed by atoms with Crippen LogP contribution in [0.25, 0.3) is 16.8 Å². The Kier molecular flexibility index (Phi) is 3.38. The maximum atomic E-state index is 11.8. The third-order valence-corrected chi connectivity index (χ3v) is 3.41. The first-order valence-electron chi connectivity index (χ1n) is 6.61. The summed E-state index contributed by atoms with van der Waals surface area (Å²) < 4.78 is 0. The zero-order valence-corrected chi connectivity index (χ0v) is 11.6. The first kappa shape index (κ1) is 14.5. The molecule has 4 amide bonds. The number of carboxylic acids is 1. The summed E-state index contributed by atoms with van der Waals surface area (Å²) in [6.07, 6.45) is 1.27. The van der Waals surface area contributed by atoms with E-state index in [0.717, 1.165) is 0 Å². The minimum atomic E-state index is -1.12. The summed E-state index contributed by atoms with van der Waals surface area (Å²) in [4.78, 5) is 46.1. The molecule has 0 bridgehead atoms. The molecule has 0 saturated carbocycles. The number of rotatable bonds is 2. The number of benzene rings is 2. The van der Waals surface area contributed by atoms with Gasteiger partial charge >= 0.3 is 12.0 Å². The fourth-order valence-corrected chi connectivity index (χ4v) is 2.43. The number of hydrogen-bond donors (Lipinski definition) is 3. The lowest BCUT2D eigenvalue weighted by molar-refractivity contribution is -0.123. The summed E-state index contributed by atoms with van der Waals surface area (Å²) in [6.45, 7) is 0. The molecule has 114 valence electrons. The molecule has 1 saturated heterocycles. The van der Waals surface area contributed by atoms with Crippen LogP contribution in [0.2, 0.25) is 0 Å². The highest BCUT2D eigenvalue weighted by Crippen LogP contribution is 2.25. The van der Waals surface area contributed by atoms with Crippen molar-refractivity contribution in [3.63, 3.8) is 0 Å². The lowest BCUT2D eigenvalue weighted by atomic mass is 9.97. The second-order valence-corrected chi connectivity index (χ2v) is 4.85. The summed E-state index contributed by atoms with van der Waals surface area (Å²) in [5.74, 6) is -2.78. The van der Waals surface area contributed by atoms with Gasteiger partial charge in [-0.05, 0) is 23.1 Å². The van der Waals surface area contributed by atoms with Crippen LogP contribution < -0.4 is 10.6 Å². The molecule has 2 aromatic carbocycles. The lowest BCUT2D eigenvalue weighted by Gasteiger charge is -2.14. The molecule has 0 unspecified atom stereocenters. The number of nitrogens with one attached hydrogen (secondary N) is 2. The molecule has 1 heterocycles. The van der Waals surface area contributed by atoms with Crippen molar-refractivity contribution >= 4 is 40.7 Å². The molecule has 1 aliphatic heterocycles. The normalized spacial score (nSPS) is 14.4. The van der Waals surface area contributed by atoms with E-state index < -0.39 is 23.8 Å². The molecule has 0 atom stereocenters. The number of fused-ring (bicyclic) bond motifs is 1. The van der Waals surface area contributed by atoms with Crippen molar-refractivity contribution in [2.24, 2.45) is 0 Å². The van der Waals surface area contributed by atoms with Crippen molar-refractivity contribution < 1.29 is 24.3 Å². The van der Waals surface area contributed by atoms with Gasteiger partial charge in [0.25, 0.3) is 11.8 Å². The molecule has 1 aliphatic rings. The van der Waals surface area contributed by atoms with Crippen LogP contribution in [0.3, 0.4) is 0 Å². The third-order valence-electron chi connectivity index (χ3n) is 3.41. The Morgan fingerprint density at radius 3 is 2.17 bits per heavy atom. The Labute approximate surface area is 129 Å². The van der Waals surface area contributed by atoms with Crippen LogP contribution in [0.5, 0.6) is 0 Å². The smallest absolute Gasteiger partial charge is 0.336 e. The molecule has 1 fully saturated rings. The number of imide groups is 2. The molecule has 3 N–H and O–H groups in total. The van der Waals surface area contributed by atoms with E-state index in [1.54, 1.807) is 30.3 Å². The monoisotopic (exact) mass is 310 g/mol. The number of urea groups is 1. The number of carbonyl (C=O) groups is 4. The molecule has 3 rings (SSSR count). The van der Waals surface area contributed by atoms with Gasteiger partial charge in [-0.2, -0.15) is 0 Å². The number of carboxylic acid groups (broad SMARTS) is 1. The number of barbiturate groups is 1. The Hall–Kier alpha value is -3.48. The molecule has 7 nitrogen and oxygen atoms in total. The molecule has 7 heteroatoms. The van der Waals surface area contributed by atoms with E-state index in [1.165, 1.54) is 12.1 Å². The van der Waals surface area contributed by atoms with Gasteiger partial charge in [0.05, 0.1) is 5.56 Å². The Balaban J connectivity index is 2.23. The van der Waals surface area contributed by atoms with Crippen molar-refractivity contribution in [1.82, 2.24) is 10.6 Å². The Morgan fingerprint density at radius 1 is 0.957 bits per heavy atom. The molecular weight excluding hydrogens is 300 g/mol. The minimum absolute atomic E-state index is 0.0580. The van der Waals surface area contributed by atoms with Crippen LogP contribution in [0.4, 0.5) is 4.79 Å². The van der Waals surface area contributed by atoms with E-state index in [-0.39, 0.29) is 11.1 Å². The first-order chi connectivity index (χ1) is 11.0. The zero-order valence-electron chi connectivity index (χ0n) is 11.6. The van der Waals surface area contributed by atoms with Crippen LogP contribution in [-0.2, 0) is 9.59 Å². The Morgan fingerprint density at radius 2 is 1.57 bits per heavy atom. The van der Waals surface area contributed by atoms with Crippen molar-refractivity contribution in [3.05, 3.63) is 53.1 Å². The standard InChI is InChI=1S/C16H10N2O5/c19-13-11(14(20)18-16(23)17-13)7-9-5-1-3-8-4-2-6-10(12(8)9)15(21)22/h1-7H,(H,21,22)(H2,17,18,19,20,23). The predicted molar refractivity (Wildman–Crippen MR) is 80.6 cm³/mol. The maximum absolute atomic E-state index is 11.8. The first-order valence-corrected chi connectivity index (χ1v) is 6.61. The van der Waals surface area contributed by atoms with Crippen LogP contribution in [0.15, 0.2) is 42.0 Å². The molecule has 0 spiro atoms. The summed E-state index contributed by atoms with van der Waals surface area (Å²) in [7, 11) is 0. The molecule has 0 radical (unpaired) electrons. The minimum Gasteiger partial charge on any atom is -0.478 e. The molecular formula is C16H10N2O5. The molecule has 23 heavy (non-hydrogen) atoms. The molecule has 0 aromatic heterocycles. The zero-order chi connectivity index (χ0) is 16.6. The summed E-state index contributed by atoms with van der Waals surface area (Å²) in [5.41, 5.74) is 0.190. The second-order valence-electron chi connectivity index (χ2n) is 4.85. The van der Waals surface area contributed by atoms with E-state index in [0.29, 0.717) is 16.3 Å². The van der Waals surface area contributed by atoms with Gasteiger partial charge in [0, 0.05) is 5.39 Å². The number of carbonyl (C=O) groups excluding carboxylic acids is 3. The summed E-state index contributed by atoms with van der Waals surface area (Å²) in [6, 6.07) is 8.91. The highest BCUT2D eigenvalue weighted by molar-refractivity contribution is 6.31. The van der Waals surface area contributed by atoms with E-state index >= 15 is 0 Å². The number of hydrogen-bond acceptors (Lipinski definition) is 4. The average Bonchev–Trinajstić information content (AvgIpc) is 2.50. The predicted octanol–water partition coefficient (Wildman–Crippen LogP) is 1.29. The van der Waals surface area contributed by atoms with E-state index in [4.69, 9.17) is 0 Å². The van der Waals surface area contributed by atoms with Crippen molar-refractivity contribution in [2.45, 2.75) is 0 Å². The van der Waals surface area contributed by atoms with Gasteiger partial charge in [0.15, 0.2) is 0 Å². The molecule has 0 aliphatic carbocycles. The van der Waals surface area contributed by atoms with Gasteiger partial charge in [-0.1, -0.05) is 30.3 Å². The van der Waals surface area contributed by atoms with Crippen LogP contribution in [0.1, 0.15) is 15.9 Å². The van der Waals surface area contributed by atoms with Gasteiger partial charge in [-0.15, -0.1) is 0 Å². The largest absolute Gasteiger partial charge is 0.478 e. The van der Waals surface area contributed by atoms with Crippen LogP contribution in [0, 0.1) is 0 Å². The van der Waals surface area contributed by atoms with Gasteiger partial charge in [0.2, 0.25) is 0 Å². The second kappa shape index (κ2) is 5.38. The average molecular weight is 310 g/mol. The summed E-state index contributed by atoms with van der Waals surface area (Å²) >= 11 is 0. The van der Waals surface area contributed by atoms with Crippen molar-refractivity contribution in [3.8, 4) is 0 Å². The summed E-state index contributed by atoms with van der Waals surface area (Å²) in [5, 5.41) is 14.3. The SMILES string of the molecule is O=C1NC(=O)C(=Cc2cccc3cccc(C(=O)O)c23)C(=O)N1. The van der Waals surface area contributed by atoms with Crippen LogP contribution in [-0.4, -0.2) is 28.9 Å². The van der Waals surface area contributed by atoms with E-state index in [9.17, 15) is 24.3 Å². The van der Waals surface area contributed by atoms with Crippen LogP contribution >= 0.6 is 0 Å². The molecule has 2 aromatic rings. The quantitative estimate of drug-likeness (QED) is 0.571. The lowest BCUT2D eigenvalue weighted by Crippen LogP contribution is -2.51. The fraction of sp³-hybridized carbons (Fsp3) is 0. The fourth-order valence-electron chi connectivity index (χ4n) is 2.43. The number of aromatic carboxylic acids is 1. The van der Waals surface area contributed by atoms with Gasteiger partial charge < -0.3 is 5.11 Å². The number of amides is 4. The van der Waals surface area contributed by atoms with Gasteiger partial charge in [-0.25, -0.2) is 9.59 Å². The van der Waals surface area contributed by atoms with E-state index in [2.05, 4.69) is 0 Å². The van der Waals surface area contributed by atoms with Crippen molar-refractivity contribution in [1.29, 1.82) is 0 Å². The van der Waals surface area contributed by atoms with E-state index in [1.807, 2.05) is 10.6 Å². The highest BCUT2D eigenvalue weighted by atomic mass is 16.4. The topological polar surface area (TPSA) is 113 Å². The van der Waals surface area contributed by atoms with Gasteiger partial charge in [-0.3, -0.25) is 20.2 Å². The highest BCUT2D eigenvalue weighted by Gasteiger charge is 2.28. The van der Waals surface area contributed by atoms with Gasteiger partial charge in [0.1, 0.15) is 5.57 Å². The van der Waals surface area contributed by atoms with Crippen molar-refractivity contribution in [2.75, 3.05) is 0 Å². The Bertz CT molecular complexity index is 887. The third kappa shape index (κ3) is 2.55. The maximum Gasteiger partial charge on any atom is 0.336 e.